The van der Waals surface area contributed by atoms with Crippen molar-refractivity contribution in [3.8, 4) is 22.9 Å². The van der Waals surface area contributed by atoms with Gasteiger partial charge in [-0.1, -0.05) is 30.2 Å². The summed E-state index contributed by atoms with van der Waals surface area (Å²) in [5.74, 6) is 2.54. The number of carbonyl (C=O) groups excluding carboxylic acids is 1. The molecule has 0 saturated carbocycles. The number of anilines is 1. The molecule has 5 rings (SSSR count). The van der Waals surface area contributed by atoms with Gasteiger partial charge in [-0.3, -0.25) is 4.79 Å². The van der Waals surface area contributed by atoms with Gasteiger partial charge in [-0.05, 0) is 37.1 Å². The number of amides is 1. The molecule has 1 aromatic heterocycles. The molecule has 2 aliphatic heterocycles. The minimum absolute atomic E-state index is 0.102. The Morgan fingerprint density at radius 2 is 2.03 bits per heavy atom. The molecule has 2 aromatic carbocycles. The van der Waals surface area contributed by atoms with Crippen molar-refractivity contribution >= 4 is 23.2 Å². The van der Waals surface area contributed by atoms with E-state index in [1.165, 1.54) is 6.42 Å². The second-order valence-electron chi connectivity index (χ2n) is 7.13. The Balaban J connectivity index is 1.40. The van der Waals surface area contributed by atoms with Gasteiger partial charge in [-0.2, -0.15) is 0 Å². The lowest BCUT2D eigenvalue weighted by molar-refractivity contribution is 0.102. The highest BCUT2D eigenvalue weighted by Crippen LogP contribution is 2.40. The first-order chi connectivity index (χ1) is 14.2. The number of halogens is 1. The second-order valence-corrected chi connectivity index (χ2v) is 7.54. The van der Waals surface area contributed by atoms with Crippen LogP contribution >= 0.6 is 11.6 Å². The minimum atomic E-state index is -0.276. The van der Waals surface area contributed by atoms with Gasteiger partial charge >= 0.3 is 0 Å². The molecule has 7 nitrogen and oxygen atoms in total. The van der Waals surface area contributed by atoms with Crippen LogP contribution in [0, 0.1) is 0 Å². The molecule has 0 saturated heterocycles. The Labute approximate surface area is 172 Å². The number of benzene rings is 2. The van der Waals surface area contributed by atoms with Crippen molar-refractivity contribution in [2.45, 2.75) is 32.2 Å². The maximum absolute atomic E-state index is 12.7. The number of nitrogens with one attached hydrogen (secondary N) is 1. The molecule has 0 unspecified atom stereocenters. The lowest BCUT2D eigenvalue weighted by Crippen LogP contribution is -2.12. The molecule has 0 fully saturated rings. The molecule has 0 aliphatic carbocycles. The third-order valence-electron chi connectivity index (χ3n) is 5.18. The van der Waals surface area contributed by atoms with Gasteiger partial charge < -0.3 is 19.4 Å². The maximum atomic E-state index is 12.7. The predicted molar refractivity (Wildman–Crippen MR) is 109 cm³/mol. The predicted octanol–water partition coefficient (Wildman–Crippen LogP) is 4.31. The Hall–Kier alpha value is -3.06. The van der Waals surface area contributed by atoms with Crippen molar-refractivity contribution in [1.29, 1.82) is 0 Å². The molecule has 1 N–H and O–H groups in total. The van der Waals surface area contributed by atoms with Crippen LogP contribution in [0.3, 0.4) is 0 Å². The van der Waals surface area contributed by atoms with E-state index in [0.717, 1.165) is 43.0 Å². The molecule has 8 heteroatoms. The molecular weight excluding hydrogens is 392 g/mol. The topological polar surface area (TPSA) is 78.3 Å². The number of hydrogen-bond acceptors (Lipinski definition) is 5. The normalized spacial score (nSPS) is 14.9. The summed E-state index contributed by atoms with van der Waals surface area (Å²) >= 11 is 6.19. The number of rotatable bonds is 3. The fourth-order valence-electron chi connectivity index (χ4n) is 3.74. The van der Waals surface area contributed by atoms with Crippen molar-refractivity contribution in [2.24, 2.45) is 0 Å². The van der Waals surface area contributed by atoms with E-state index in [-0.39, 0.29) is 12.7 Å². The van der Waals surface area contributed by atoms with Gasteiger partial charge in [-0.15, -0.1) is 10.2 Å². The third-order valence-corrected chi connectivity index (χ3v) is 5.46. The largest absolute Gasteiger partial charge is 0.454 e. The zero-order valence-corrected chi connectivity index (χ0v) is 16.4. The molecule has 29 heavy (non-hydrogen) atoms. The molecule has 3 heterocycles. The Morgan fingerprint density at radius 1 is 1.10 bits per heavy atom. The standard InChI is InChI=1S/C21H19ClN4O3/c22-16-10-14(11-17-19(16)29-12-28-17)21(27)23-15-6-4-5-13(9-15)20-25-24-18-7-2-1-3-8-26(18)20/h4-6,9-11H,1-3,7-8,12H2,(H,23,27). The SMILES string of the molecule is O=C(Nc1cccc(-c2nnc3n2CCCCC3)c1)c1cc(Cl)c2c(c1)OCO2. The fourth-order valence-corrected chi connectivity index (χ4v) is 4.00. The van der Waals surface area contributed by atoms with Crippen molar-refractivity contribution in [1.82, 2.24) is 14.8 Å². The number of carbonyl (C=O) groups is 1. The number of fused-ring (bicyclic) bond motifs is 2. The summed E-state index contributed by atoms with van der Waals surface area (Å²) in [6.07, 6.45) is 4.43. The van der Waals surface area contributed by atoms with E-state index in [4.69, 9.17) is 21.1 Å². The van der Waals surface area contributed by atoms with Gasteiger partial charge in [0.05, 0.1) is 5.02 Å². The molecule has 1 amide bonds. The summed E-state index contributed by atoms with van der Waals surface area (Å²) in [6, 6.07) is 10.8. The van der Waals surface area contributed by atoms with Crippen LogP contribution in [-0.2, 0) is 13.0 Å². The number of hydrogen-bond donors (Lipinski definition) is 1. The first-order valence-electron chi connectivity index (χ1n) is 9.62. The van der Waals surface area contributed by atoms with Gasteiger partial charge in [0.15, 0.2) is 17.3 Å². The minimum Gasteiger partial charge on any atom is -0.454 e. The van der Waals surface area contributed by atoms with E-state index in [1.807, 2.05) is 24.3 Å². The Morgan fingerprint density at radius 3 is 2.97 bits per heavy atom. The van der Waals surface area contributed by atoms with Gasteiger partial charge in [0.25, 0.3) is 5.91 Å². The summed E-state index contributed by atoms with van der Waals surface area (Å²) in [6.45, 7) is 1.02. The molecule has 2 aliphatic rings. The van der Waals surface area contributed by atoms with Gasteiger partial charge in [-0.25, -0.2) is 0 Å². The van der Waals surface area contributed by atoms with Crippen molar-refractivity contribution in [2.75, 3.05) is 12.1 Å². The van der Waals surface area contributed by atoms with E-state index >= 15 is 0 Å². The molecule has 3 aromatic rings. The number of aromatic nitrogens is 3. The summed E-state index contributed by atoms with van der Waals surface area (Å²) in [4.78, 5) is 12.7. The van der Waals surface area contributed by atoms with Gasteiger partial charge in [0.1, 0.15) is 5.82 Å². The highest BCUT2D eigenvalue weighted by atomic mass is 35.5. The van der Waals surface area contributed by atoms with Crippen LogP contribution < -0.4 is 14.8 Å². The molecule has 148 valence electrons. The lowest BCUT2D eigenvalue weighted by Gasteiger charge is -2.10. The van der Waals surface area contributed by atoms with Crippen LogP contribution in [0.25, 0.3) is 11.4 Å². The highest BCUT2D eigenvalue weighted by Gasteiger charge is 2.21. The molecule has 0 atom stereocenters. The molecule has 0 radical (unpaired) electrons. The van der Waals surface area contributed by atoms with Crippen LogP contribution in [0.4, 0.5) is 5.69 Å². The van der Waals surface area contributed by atoms with Crippen molar-refractivity contribution in [3.05, 3.63) is 52.8 Å². The molecule has 0 spiro atoms. The van der Waals surface area contributed by atoms with E-state index in [9.17, 15) is 4.79 Å². The highest BCUT2D eigenvalue weighted by molar-refractivity contribution is 6.32. The van der Waals surface area contributed by atoms with Gasteiger partial charge in [0, 0.05) is 29.8 Å². The van der Waals surface area contributed by atoms with E-state index in [0.29, 0.717) is 27.8 Å². The smallest absolute Gasteiger partial charge is 0.255 e. The maximum Gasteiger partial charge on any atom is 0.255 e. The van der Waals surface area contributed by atoms with Crippen molar-refractivity contribution < 1.29 is 14.3 Å². The average molecular weight is 411 g/mol. The number of ether oxygens (including phenoxy) is 2. The van der Waals surface area contributed by atoms with Crippen LogP contribution in [0.5, 0.6) is 11.5 Å². The zero-order valence-electron chi connectivity index (χ0n) is 15.7. The summed E-state index contributed by atoms with van der Waals surface area (Å²) < 4.78 is 12.8. The summed E-state index contributed by atoms with van der Waals surface area (Å²) in [5, 5.41) is 12.0. The number of nitrogens with zero attached hydrogens (tertiary/aromatic N) is 3. The number of aryl methyl sites for hydroxylation is 1. The van der Waals surface area contributed by atoms with Crippen molar-refractivity contribution in [3.63, 3.8) is 0 Å². The summed E-state index contributed by atoms with van der Waals surface area (Å²) in [5.41, 5.74) is 2.00. The van der Waals surface area contributed by atoms with Gasteiger partial charge in [0.2, 0.25) is 6.79 Å². The Bertz CT molecular complexity index is 1100. The van der Waals surface area contributed by atoms with Crippen LogP contribution in [0.2, 0.25) is 5.02 Å². The first-order valence-corrected chi connectivity index (χ1v) is 10.00. The monoisotopic (exact) mass is 410 g/mol. The fraction of sp³-hybridized carbons (Fsp3) is 0.286. The van der Waals surface area contributed by atoms with Crippen LogP contribution in [-0.4, -0.2) is 27.5 Å². The lowest BCUT2D eigenvalue weighted by atomic mass is 10.1. The Kier molecular flexibility index (Phi) is 4.60. The third kappa shape index (κ3) is 3.42. The quantitative estimate of drug-likeness (QED) is 0.696. The zero-order chi connectivity index (χ0) is 19.8. The molecular formula is C21H19ClN4O3. The molecule has 0 bridgehead atoms. The van der Waals surface area contributed by atoms with Crippen LogP contribution in [0.1, 0.15) is 35.4 Å². The van der Waals surface area contributed by atoms with E-state index in [1.54, 1.807) is 12.1 Å². The summed E-state index contributed by atoms with van der Waals surface area (Å²) in [7, 11) is 0. The van der Waals surface area contributed by atoms with E-state index < -0.39 is 0 Å². The second kappa shape index (κ2) is 7.40. The van der Waals surface area contributed by atoms with E-state index in [2.05, 4.69) is 20.1 Å². The first kappa shape index (κ1) is 18.0. The average Bonchev–Trinajstić information content (AvgIpc) is 3.30. The van der Waals surface area contributed by atoms with Crippen LogP contribution in [0.15, 0.2) is 36.4 Å².